The first-order valence-electron chi connectivity index (χ1n) is 7.98. The molecule has 0 atom stereocenters. The Morgan fingerprint density at radius 3 is 2.71 bits per heavy atom. The van der Waals surface area contributed by atoms with Crippen LogP contribution in [0.25, 0.3) is 16.6 Å². The second kappa shape index (κ2) is 8.65. The van der Waals surface area contributed by atoms with E-state index in [1.807, 2.05) is 12.1 Å². The predicted molar refractivity (Wildman–Crippen MR) is 104 cm³/mol. The number of fused-ring (bicyclic) bond motifs is 1. The number of carbonyl (C=O) groups excluding carboxylic acids is 1. The quantitative estimate of drug-likeness (QED) is 0.351. The van der Waals surface area contributed by atoms with Crippen LogP contribution in [0.3, 0.4) is 0 Å². The van der Waals surface area contributed by atoms with E-state index in [0.717, 1.165) is 0 Å². The Morgan fingerprint density at radius 2 is 2.00 bits per heavy atom. The third-order valence-electron chi connectivity index (χ3n) is 3.64. The number of nitriles is 1. The molecule has 1 aromatic heterocycles. The SMILES string of the molecule is N#CC(=C(O)COC(=O)COc1ccc(Cl)cc1Cl)c1nc2ccccc2[nH]1. The summed E-state index contributed by atoms with van der Waals surface area (Å²) >= 11 is 11.7. The average molecular weight is 418 g/mol. The van der Waals surface area contributed by atoms with Gasteiger partial charge in [0.05, 0.1) is 16.1 Å². The smallest absolute Gasteiger partial charge is 0.344 e. The standard InChI is InChI=1S/C19H13Cl2N3O4/c20-11-5-6-17(13(21)7-11)27-10-18(26)28-9-16(25)12(8-22)19-23-14-3-1-2-4-15(14)24-19/h1-7,25H,9-10H2,(H,23,24). The fourth-order valence-corrected chi connectivity index (χ4v) is 2.78. The van der Waals surface area contributed by atoms with E-state index in [4.69, 9.17) is 32.7 Å². The van der Waals surface area contributed by atoms with Crippen LogP contribution < -0.4 is 4.74 Å². The molecule has 0 radical (unpaired) electrons. The van der Waals surface area contributed by atoms with Crippen molar-refractivity contribution in [2.24, 2.45) is 0 Å². The average Bonchev–Trinajstić information content (AvgIpc) is 3.10. The van der Waals surface area contributed by atoms with E-state index in [-0.39, 0.29) is 22.2 Å². The van der Waals surface area contributed by atoms with Gasteiger partial charge in [0.15, 0.2) is 18.2 Å². The molecule has 1 heterocycles. The minimum Gasteiger partial charge on any atom is -0.507 e. The van der Waals surface area contributed by atoms with Gasteiger partial charge in [-0.1, -0.05) is 35.3 Å². The van der Waals surface area contributed by atoms with Crippen LogP contribution in [-0.2, 0) is 9.53 Å². The summed E-state index contributed by atoms with van der Waals surface area (Å²) in [5.41, 5.74) is 1.23. The van der Waals surface area contributed by atoms with Crippen molar-refractivity contribution in [1.29, 1.82) is 5.26 Å². The fourth-order valence-electron chi connectivity index (χ4n) is 2.32. The van der Waals surface area contributed by atoms with Gasteiger partial charge in [0.2, 0.25) is 0 Å². The summed E-state index contributed by atoms with van der Waals surface area (Å²) < 4.78 is 10.2. The number of hydrogen-bond acceptors (Lipinski definition) is 6. The molecular formula is C19H13Cl2N3O4. The molecule has 0 aliphatic rings. The van der Waals surface area contributed by atoms with E-state index in [1.165, 1.54) is 12.1 Å². The van der Waals surface area contributed by atoms with Crippen molar-refractivity contribution in [2.45, 2.75) is 0 Å². The lowest BCUT2D eigenvalue weighted by Gasteiger charge is -2.08. The zero-order valence-corrected chi connectivity index (χ0v) is 15.8. The molecule has 0 spiro atoms. The zero-order chi connectivity index (χ0) is 20.1. The number of H-pyrrole nitrogens is 1. The van der Waals surface area contributed by atoms with Crippen molar-refractivity contribution >= 4 is 45.8 Å². The molecule has 0 bridgehead atoms. The molecule has 9 heteroatoms. The van der Waals surface area contributed by atoms with Crippen LogP contribution in [-0.4, -0.2) is 34.3 Å². The summed E-state index contributed by atoms with van der Waals surface area (Å²) in [4.78, 5) is 19.0. The summed E-state index contributed by atoms with van der Waals surface area (Å²) in [6.45, 7) is -0.933. The van der Waals surface area contributed by atoms with Gasteiger partial charge in [-0.2, -0.15) is 5.26 Å². The van der Waals surface area contributed by atoms with E-state index in [0.29, 0.717) is 16.1 Å². The van der Waals surface area contributed by atoms with Gasteiger partial charge in [0.25, 0.3) is 0 Å². The van der Waals surface area contributed by atoms with Crippen LogP contribution in [0.1, 0.15) is 5.82 Å². The topological polar surface area (TPSA) is 108 Å². The number of esters is 1. The van der Waals surface area contributed by atoms with Crippen LogP contribution in [0.5, 0.6) is 5.75 Å². The molecule has 3 aromatic rings. The number of allylic oxidation sites excluding steroid dienone is 1. The summed E-state index contributed by atoms with van der Waals surface area (Å²) in [6, 6.07) is 13.6. The maximum Gasteiger partial charge on any atom is 0.344 e. The minimum absolute atomic E-state index is 0.120. The molecule has 0 fully saturated rings. The fraction of sp³-hybridized carbons (Fsp3) is 0.105. The van der Waals surface area contributed by atoms with Crippen LogP contribution in [0, 0.1) is 11.3 Å². The van der Waals surface area contributed by atoms with Gasteiger partial charge < -0.3 is 19.6 Å². The molecule has 0 aliphatic heterocycles. The Hall–Kier alpha value is -3.21. The highest BCUT2D eigenvalue weighted by atomic mass is 35.5. The van der Waals surface area contributed by atoms with Crippen molar-refractivity contribution in [3.8, 4) is 11.8 Å². The summed E-state index contributed by atoms with van der Waals surface area (Å²) in [5.74, 6) is -0.733. The number of hydrogen-bond donors (Lipinski definition) is 2. The van der Waals surface area contributed by atoms with Gasteiger partial charge in [0, 0.05) is 5.02 Å². The first kappa shape index (κ1) is 19.5. The molecular weight excluding hydrogens is 405 g/mol. The van der Waals surface area contributed by atoms with Gasteiger partial charge in [-0.25, -0.2) is 9.78 Å². The van der Waals surface area contributed by atoms with Crippen LogP contribution in [0.4, 0.5) is 0 Å². The normalized spacial score (nSPS) is 11.6. The monoisotopic (exact) mass is 417 g/mol. The van der Waals surface area contributed by atoms with Gasteiger partial charge in [-0.15, -0.1) is 0 Å². The van der Waals surface area contributed by atoms with Gasteiger partial charge in [-0.3, -0.25) is 0 Å². The van der Waals surface area contributed by atoms with Crippen molar-refractivity contribution < 1.29 is 19.4 Å². The Morgan fingerprint density at radius 1 is 1.21 bits per heavy atom. The number of nitrogens with one attached hydrogen (secondary N) is 1. The largest absolute Gasteiger partial charge is 0.507 e. The highest BCUT2D eigenvalue weighted by Crippen LogP contribution is 2.27. The Bertz CT molecular complexity index is 1070. The van der Waals surface area contributed by atoms with Crippen LogP contribution in [0.15, 0.2) is 48.2 Å². The van der Waals surface area contributed by atoms with Gasteiger partial charge in [-0.05, 0) is 30.3 Å². The van der Waals surface area contributed by atoms with E-state index >= 15 is 0 Å². The number of ether oxygens (including phenoxy) is 2. The molecule has 0 saturated heterocycles. The Labute approximate surface area is 169 Å². The molecule has 0 saturated carbocycles. The van der Waals surface area contributed by atoms with Gasteiger partial charge >= 0.3 is 5.97 Å². The van der Waals surface area contributed by atoms with E-state index in [1.54, 1.807) is 24.3 Å². The second-order valence-electron chi connectivity index (χ2n) is 5.56. The van der Waals surface area contributed by atoms with Crippen LogP contribution >= 0.6 is 23.2 Å². The van der Waals surface area contributed by atoms with Crippen molar-refractivity contribution in [3.05, 3.63) is 64.1 Å². The minimum atomic E-state index is -0.750. The highest BCUT2D eigenvalue weighted by molar-refractivity contribution is 6.35. The van der Waals surface area contributed by atoms with Crippen molar-refractivity contribution in [1.82, 2.24) is 9.97 Å². The molecule has 0 unspecified atom stereocenters. The summed E-state index contributed by atoms with van der Waals surface area (Å²) in [6.07, 6.45) is 0. The Kier molecular flexibility index (Phi) is 6.04. The Balaban J connectivity index is 1.63. The molecule has 0 amide bonds. The summed E-state index contributed by atoms with van der Waals surface area (Å²) in [5, 5.41) is 20.2. The van der Waals surface area contributed by atoms with E-state index < -0.39 is 24.9 Å². The number of aromatic amines is 1. The first-order valence-corrected chi connectivity index (χ1v) is 8.74. The molecule has 0 aliphatic carbocycles. The number of aliphatic hydroxyl groups is 1. The number of aliphatic hydroxyl groups excluding tert-OH is 1. The number of nitrogens with zero attached hydrogens (tertiary/aromatic N) is 2. The molecule has 2 aromatic carbocycles. The molecule has 3 rings (SSSR count). The molecule has 142 valence electrons. The van der Waals surface area contributed by atoms with E-state index in [2.05, 4.69) is 9.97 Å². The van der Waals surface area contributed by atoms with Crippen molar-refractivity contribution in [2.75, 3.05) is 13.2 Å². The summed E-state index contributed by atoms with van der Waals surface area (Å²) in [7, 11) is 0. The maximum atomic E-state index is 11.8. The molecule has 7 nitrogen and oxygen atoms in total. The third kappa shape index (κ3) is 4.55. The molecule has 2 N–H and O–H groups in total. The van der Waals surface area contributed by atoms with E-state index in [9.17, 15) is 15.2 Å². The number of rotatable bonds is 6. The lowest BCUT2D eigenvalue weighted by Crippen LogP contribution is -2.16. The zero-order valence-electron chi connectivity index (χ0n) is 14.3. The first-order chi connectivity index (χ1) is 13.5. The number of para-hydroxylation sites is 2. The van der Waals surface area contributed by atoms with Gasteiger partial charge in [0.1, 0.15) is 24.0 Å². The van der Waals surface area contributed by atoms with Crippen molar-refractivity contribution in [3.63, 3.8) is 0 Å². The third-order valence-corrected chi connectivity index (χ3v) is 4.17. The lowest BCUT2D eigenvalue weighted by molar-refractivity contribution is -0.145. The number of carbonyl (C=O) groups is 1. The predicted octanol–water partition coefficient (Wildman–Crippen LogP) is 4.28. The lowest BCUT2D eigenvalue weighted by atomic mass is 10.2. The number of imidazole rings is 1. The second-order valence-corrected chi connectivity index (χ2v) is 6.40. The molecule has 28 heavy (non-hydrogen) atoms. The highest BCUT2D eigenvalue weighted by Gasteiger charge is 2.15. The number of halogens is 2. The van der Waals surface area contributed by atoms with Crippen LogP contribution in [0.2, 0.25) is 10.0 Å². The number of aromatic nitrogens is 2. The number of benzene rings is 2. The maximum absolute atomic E-state index is 11.8.